The Morgan fingerprint density at radius 1 is 0.714 bits per heavy atom. The van der Waals surface area contributed by atoms with Gasteiger partial charge in [0.1, 0.15) is 11.6 Å². The van der Waals surface area contributed by atoms with E-state index < -0.39 is 11.6 Å². The van der Waals surface area contributed by atoms with Crippen LogP contribution in [0.2, 0.25) is 0 Å². The van der Waals surface area contributed by atoms with Crippen LogP contribution in [0, 0.1) is 23.7 Å². The summed E-state index contributed by atoms with van der Waals surface area (Å²) in [7, 11) is 0. The van der Waals surface area contributed by atoms with Crippen LogP contribution in [0.4, 0.5) is 0 Å². The number of terminal acetylenes is 1. The van der Waals surface area contributed by atoms with Crippen LogP contribution in [-0.2, 0) is 0 Å². The van der Waals surface area contributed by atoms with Crippen molar-refractivity contribution in [1.82, 2.24) is 0 Å². The molecule has 3 heteroatoms. The van der Waals surface area contributed by atoms with Crippen molar-refractivity contribution in [3.8, 4) is 40.7 Å². The van der Waals surface area contributed by atoms with Crippen molar-refractivity contribution >= 4 is 11.6 Å². The molecule has 0 radical (unpaired) electrons. The number of Topliss-reactive ketones (excluding diaryl/α,β-unsaturated/α-hetero) is 2. The van der Waals surface area contributed by atoms with Gasteiger partial charge in [-0.15, -0.1) is 6.42 Å². The van der Waals surface area contributed by atoms with Gasteiger partial charge in [-0.2, -0.15) is 5.26 Å². The molecule has 0 amide bonds. The highest BCUT2D eigenvalue weighted by Crippen LogP contribution is 2.41. The van der Waals surface area contributed by atoms with E-state index in [1.54, 1.807) is 0 Å². The third-order valence-electron chi connectivity index (χ3n) is 4.79. The Morgan fingerprint density at radius 2 is 1.14 bits per heavy atom. The molecule has 0 spiro atoms. The summed E-state index contributed by atoms with van der Waals surface area (Å²) in [6, 6.07) is 24.2. The molecule has 3 aromatic rings. The maximum atomic E-state index is 13.2. The van der Waals surface area contributed by atoms with E-state index in [4.69, 9.17) is 6.42 Å². The second kappa shape index (κ2) is 6.83. The third-order valence-corrected chi connectivity index (χ3v) is 4.79. The van der Waals surface area contributed by atoms with Gasteiger partial charge >= 0.3 is 0 Å². The van der Waals surface area contributed by atoms with Crippen molar-refractivity contribution in [2.24, 2.45) is 0 Å². The molecule has 4 rings (SSSR count). The minimum Gasteiger partial charge on any atom is -0.288 e. The molecule has 1 aliphatic rings. The van der Waals surface area contributed by atoms with Gasteiger partial charge in [-0.25, -0.2) is 0 Å². The Balaban J connectivity index is 2.09. The van der Waals surface area contributed by atoms with Gasteiger partial charge in [0.2, 0.25) is 0 Å². The van der Waals surface area contributed by atoms with Crippen LogP contribution in [-0.4, -0.2) is 11.6 Å². The Morgan fingerprint density at radius 3 is 1.50 bits per heavy atom. The van der Waals surface area contributed by atoms with Crippen molar-refractivity contribution < 1.29 is 9.59 Å². The number of rotatable bonds is 2. The molecule has 3 aromatic carbocycles. The van der Waals surface area contributed by atoms with Gasteiger partial charge in [-0.3, -0.25) is 9.59 Å². The number of nitrogens with zero attached hydrogens (tertiary/aromatic N) is 1. The first-order valence-electron chi connectivity index (χ1n) is 8.65. The molecule has 0 bridgehead atoms. The number of fused-ring (bicyclic) bond motifs is 1. The molecule has 0 aliphatic heterocycles. The molecule has 1 aliphatic carbocycles. The molecule has 3 nitrogen and oxygen atoms in total. The normalized spacial score (nSPS) is 12.3. The second-order valence-corrected chi connectivity index (χ2v) is 6.31. The standard InChI is InChI=1S/C25H13NO2/c1-2-16(15-26)21-24(27)22-19(17-9-5-3-6-10-17)13-14-20(23(22)25(21)28)18-11-7-4-8-12-18/h1,3-14H. The Labute approximate surface area is 162 Å². The molecule has 0 saturated heterocycles. The maximum absolute atomic E-state index is 13.2. The van der Waals surface area contributed by atoms with Crippen LogP contribution in [0.25, 0.3) is 22.3 Å². The number of ketones is 2. The zero-order valence-electron chi connectivity index (χ0n) is 14.8. The van der Waals surface area contributed by atoms with E-state index in [2.05, 4.69) is 5.92 Å². The molecule has 130 valence electrons. The first-order chi connectivity index (χ1) is 13.7. The Hall–Kier alpha value is -4.21. The number of hydrogen-bond donors (Lipinski definition) is 0. The minimum atomic E-state index is -0.494. The molecular weight excluding hydrogens is 346 g/mol. The largest absolute Gasteiger partial charge is 0.288 e. The van der Waals surface area contributed by atoms with Gasteiger partial charge in [0.25, 0.3) is 0 Å². The summed E-state index contributed by atoms with van der Waals surface area (Å²) in [5, 5.41) is 9.32. The number of benzene rings is 3. The van der Waals surface area contributed by atoms with Crippen molar-refractivity contribution in [2.45, 2.75) is 0 Å². The number of carbonyl (C=O) groups is 2. The lowest BCUT2D eigenvalue weighted by Gasteiger charge is -2.12. The van der Waals surface area contributed by atoms with Crippen molar-refractivity contribution in [3.05, 3.63) is 95.1 Å². The van der Waals surface area contributed by atoms with E-state index in [9.17, 15) is 14.9 Å². The van der Waals surface area contributed by atoms with E-state index in [1.807, 2.05) is 78.9 Å². The smallest absolute Gasteiger partial charge is 0.200 e. The molecular formula is C25H13NO2. The fourth-order valence-electron chi connectivity index (χ4n) is 3.53. The third kappa shape index (κ3) is 2.55. The number of nitriles is 1. The summed E-state index contributed by atoms with van der Waals surface area (Å²) in [6.07, 6.45) is 5.39. The Kier molecular flexibility index (Phi) is 4.20. The van der Waals surface area contributed by atoms with Gasteiger partial charge in [-0.05, 0) is 22.3 Å². The van der Waals surface area contributed by atoms with Crippen LogP contribution in [0.5, 0.6) is 0 Å². The van der Waals surface area contributed by atoms with E-state index >= 15 is 0 Å². The molecule has 0 N–H and O–H groups in total. The van der Waals surface area contributed by atoms with Crippen LogP contribution in [0.1, 0.15) is 20.7 Å². The summed E-state index contributed by atoms with van der Waals surface area (Å²) in [5.74, 6) is 1.20. The highest BCUT2D eigenvalue weighted by molar-refractivity contribution is 6.43. The van der Waals surface area contributed by atoms with Crippen molar-refractivity contribution in [2.75, 3.05) is 0 Å². The molecule has 0 fully saturated rings. The number of carbonyl (C=O) groups excluding carboxylic acids is 2. The first-order valence-corrected chi connectivity index (χ1v) is 8.65. The fourth-order valence-corrected chi connectivity index (χ4v) is 3.53. The second-order valence-electron chi connectivity index (χ2n) is 6.31. The summed E-state index contributed by atoms with van der Waals surface area (Å²) in [6.45, 7) is 0. The molecule has 0 saturated carbocycles. The van der Waals surface area contributed by atoms with E-state index in [-0.39, 0.29) is 11.1 Å². The molecule has 0 heterocycles. The van der Waals surface area contributed by atoms with Crippen molar-refractivity contribution in [3.63, 3.8) is 0 Å². The maximum Gasteiger partial charge on any atom is 0.200 e. The van der Waals surface area contributed by atoms with Gasteiger partial charge in [-0.1, -0.05) is 78.7 Å². The topological polar surface area (TPSA) is 57.9 Å². The average molecular weight is 359 g/mol. The van der Waals surface area contributed by atoms with Crippen LogP contribution in [0.3, 0.4) is 0 Å². The van der Waals surface area contributed by atoms with Crippen molar-refractivity contribution in [1.29, 1.82) is 5.26 Å². The lowest BCUT2D eigenvalue weighted by Crippen LogP contribution is -2.04. The predicted octanol–water partition coefficient (Wildman–Crippen LogP) is 4.85. The highest BCUT2D eigenvalue weighted by atomic mass is 16.2. The molecule has 0 unspecified atom stereocenters. The zero-order valence-corrected chi connectivity index (χ0v) is 14.8. The summed E-state index contributed by atoms with van der Waals surface area (Å²) >= 11 is 0. The Bertz CT molecular complexity index is 1140. The van der Waals surface area contributed by atoms with Gasteiger partial charge in [0.15, 0.2) is 11.6 Å². The van der Waals surface area contributed by atoms with Crippen LogP contribution < -0.4 is 0 Å². The summed E-state index contributed by atoms with van der Waals surface area (Å²) < 4.78 is 0. The first kappa shape index (κ1) is 17.2. The average Bonchev–Trinajstić information content (AvgIpc) is 3.01. The van der Waals surface area contributed by atoms with E-state index in [1.165, 1.54) is 0 Å². The SMILES string of the molecule is C#CC(C#N)=C1C(=O)c2c(-c3ccccc3)ccc(-c3ccccc3)c2C1=O. The van der Waals surface area contributed by atoms with Gasteiger partial charge in [0.05, 0.1) is 5.57 Å². The highest BCUT2D eigenvalue weighted by Gasteiger charge is 2.39. The lowest BCUT2D eigenvalue weighted by molar-refractivity contribution is 0.0988. The van der Waals surface area contributed by atoms with Gasteiger partial charge < -0.3 is 0 Å². The monoisotopic (exact) mass is 359 g/mol. The van der Waals surface area contributed by atoms with E-state index in [0.29, 0.717) is 22.3 Å². The van der Waals surface area contributed by atoms with E-state index in [0.717, 1.165) is 11.1 Å². The number of hydrogen-bond acceptors (Lipinski definition) is 3. The summed E-state index contributed by atoms with van der Waals surface area (Å²) in [4.78, 5) is 26.4. The van der Waals surface area contributed by atoms with Crippen LogP contribution in [0.15, 0.2) is 83.9 Å². The molecule has 28 heavy (non-hydrogen) atoms. The van der Waals surface area contributed by atoms with Gasteiger partial charge in [0, 0.05) is 11.1 Å². The quantitative estimate of drug-likeness (QED) is 0.284. The fraction of sp³-hybridized carbons (Fsp3) is 0. The predicted molar refractivity (Wildman–Crippen MR) is 107 cm³/mol. The lowest BCUT2D eigenvalue weighted by atomic mass is 9.90. The minimum absolute atomic E-state index is 0.222. The molecule has 0 atom stereocenters. The zero-order chi connectivity index (χ0) is 19.7. The number of allylic oxidation sites excluding steroid dienone is 2. The summed E-state index contributed by atoms with van der Waals surface area (Å²) in [5.41, 5.74) is 3.09. The molecule has 0 aromatic heterocycles. The van der Waals surface area contributed by atoms with Crippen LogP contribution >= 0.6 is 0 Å².